The topological polar surface area (TPSA) is 90.6 Å². The normalized spacial score (nSPS) is 26.8. The highest BCUT2D eigenvalue weighted by Gasteiger charge is 2.33. The second-order valence-electron chi connectivity index (χ2n) is 6.54. The molecule has 2 aliphatic rings. The Kier molecular flexibility index (Phi) is 5.16. The lowest BCUT2D eigenvalue weighted by Crippen LogP contribution is -2.41. The minimum absolute atomic E-state index is 0.0177. The van der Waals surface area contributed by atoms with Crippen molar-refractivity contribution in [2.45, 2.75) is 44.4 Å². The molecule has 130 valence electrons. The monoisotopic (exact) mass is 332 g/mol. The van der Waals surface area contributed by atoms with Gasteiger partial charge in [-0.3, -0.25) is 9.59 Å². The molecule has 1 aliphatic heterocycles. The Hall–Kier alpha value is -1.92. The van der Waals surface area contributed by atoms with Crippen LogP contribution >= 0.6 is 0 Å². The average Bonchev–Trinajstić information content (AvgIpc) is 2.82. The first-order valence-electron chi connectivity index (χ1n) is 8.45. The third-order valence-corrected chi connectivity index (χ3v) is 4.99. The lowest BCUT2D eigenvalue weighted by Gasteiger charge is -2.29. The maximum Gasteiger partial charge on any atom is 0.248 e. The molecule has 1 aromatic rings. The molecule has 1 aromatic carbocycles. The number of hydrogen-bond donors (Lipinski definition) is 2. The highest BCUT2D eigenvalue weighted by molar-refractivity contribution is 5.93. The summed E-state index contributed by atoms with van der Waals surface area (Å²) in [5.41, 5.74) is 6.65. The fourth-order valence-electron chi connectivity index (χ4n) is 3.50. The molecule has 1 amide bonds. The van der Waals surface area contributed by atoms with Crippen molar-refractivity contribution in [2.75, 3.05) is 13.7 Å². The molecule has 6 heteroatoms. The van der Waals surface area contributed by atoms with Crippen LogP contribution in [0.5, 0.6) is 5.75 Å². The van der Waals surface area contributed by atoms with Gasteiger partial charge in [-0.15, -0.1) is 0 Å². The predicted molar refractivity (Wildman–Crippen MR) is 88.8 cm³/mol. The van der Waals surface area contributed by atoms with Crippen molar-refractivity contribution in [1.29, 1.82) is 0 Å². The maximum atomic E-state index is 12.8. The van der Waals surface area contributed by atoms with E-state index in [2.05, 4.69) is 5.32 Å². The van der Waals surface area contributed by atoms with Gasteiger partial charge in [-0.25, -0.2) is 0 Å². The number of nitrogens with two attached hydrogens (primary N) is 1. The van der Waals surface area contributed by atoms with Crippen LogP contribution in [0.3, 0.4) is 0 Å². The van der Waals surface area contributed by atoms with Crippen LogP contribution in [0.2, 0.25) is 0 Å². The number of amides is 1. The molecular weight excluding hydrogens is 308 g/mol. The second-order valence-corrected chi connectivity index (χ2v) is 6.54. The summed E-state index contributed by atoms with van der Waals surface area (Å²) in [7, 11) is 1.72. The molecule has 0 aromatic heterocycles. The predicted octanol–water partition coefficient (Wildman–Crippen LogP) is 1.41. The minimum Gasteiger partial charge on any atom is -0.481 e. The van der Waals surface area contributed by atoms with Gasteiger partial charge in [-0.1, -0.05) is 6.07 Å². The third-order valence-electron chi connectivity index (χ3n) is 4.99. The number of nitrogens with one attached hydrogen (secondary N) is 1. The largest absolute Gasteiger partial charge is 0.481 e. The number of primary amides is 1. The maximum absolute atomic E-state index is 12.8. The summed E-state index contributed by atoms with van der Waals surface area (Å²) in [6, 6.07) is 5.13. The van der Waals surface area contributed by atoms with E-state index >= 15 is 0 Å². The summed E-state index contributed by atoms with van der Waals surface area (Å²) in [4.78, 5) is 24.2. The number of benzene rings is 1. The molecule has 3 rings (SSSR count). The zero-order valence-corrected chi connectivity index (χ0v) is 13.9. The van der Waals surface area contributed by atoms with Crippen molar-refractivity contribution in [1.82, 2.24) is 5.32 Å². The summed E-state index contributed by atoms with van der Waals surface area (Å²) < 4.78 is 11.3. The van der Waals surface area contributed by atoms with Crippen LogP contribution in [0.15, 0.2) is 18.2 Å². The summed E-state index contributed by atoms with van der Waals surface area (Å²) in [5, 5.41) is 3.26. The van der Waals surface area contributed by atoms with E-state index < -0.39 is 12.0 Å². The molecule has 0 spiro atoms. The summed E-state index contributed by atoms with van der Waals surface area (Å²) in [6.07, 6.45) is 3.24. The van der Waals surface area contributed by atoms with Crippen molar-refractivity contribution >= 4 is 11.7 Å². The van der Waals surface area contributed by atoms with Gasteiger partial charge < -0.3 is 20.5 Å². The molecule has 1 unspecified atom stereocenters. The third kappa shape index (κ3) is 3.60. The summed E-state index contributed by atoms with van der Waals surface area (Å²) >= 11 is 0. The zero-order chi connectivity index (χ0) is 17.1. The van der Waals surface area contributed by atoms with Crippen LogP contribution in [-0.4, -0.2) is 37.6 Å². The van der Waals surface area contributed by atoms with Crippen molar-refractivity contribution in [3.8, 4) is 5.75 Å². The molecule has 3 N–H and O–H groups in total. The van der Waals surface area contributed by atoms with Gasteiger partial charge in [0.15, 0.2) is 11.9 Å². The zero-order valence-electron chi connectivity index (χ0n) is 13.9. The number of Topliss-reactive ketones (excluding diaryl/α,β-unsaturated/α-hetero) is 1. The number of rotatable bonds is 4. The number of fused-ring (bicyclic) bond motifs is 1. The van der Waals surface area contributed by atoms with Crippen LogP contribution in [-0.2, 0) is 16.1 Å². The molecule has 0 saturated heterocycles. The number of ketones is 1. The van der Waals surface area contributed by atoms with Gasteiger partial charge in [0, 0.05) is 37.2 Å². The van der Waals surface area contributed by atoms with E-state index in [1.165, 1.54) is 0 Å². The van der Waals surface area contributed by atoms with Crippen LogP contribution in [0.25, 0.3) is 0 Å². The Morgan fingerprint density at radius 3 is 2.67 bits per heavy atom. The number of carbonyl (C=O) groups is 2. The highest BCUT2D eigenvalue weighted by atomic mass is 16.5. The van der Waals surface area contributed by atoms with Gasteiger partial charge >= 0.3 is 0 Å². The van der Waals surface area contributed by atoms with E-state index in [0.29, 0.717) is 24.4 Å². The van der Waals surface area contributed by atoms with Crippen molar-refractivity contribution in [3.05, 3.63) is 29.3 Å². The first-order valence-corrected chi connectivity index (χ1v) is 8.45. The van der Waals surface area contributed by atoms with Crippen molar-refractivity contribution in [3.63, 3.8) is 0 Å². The Morgan fingerprint density at radius 2 is 2.00 bits per heavy atom. The van der Waals surface area contributed by atoms with E-state index in [-0.39, 0.29) is 17.8 Å². The van der Waals surface area contributed by atoms with E-state index in [4.69, 9.17) is 15.2 Å². The summed E-state index contributed by atoms with van der Waals surface area (Å²) in [6.45, 7) is 1.08. The number of ether oxygens (including phenoxy) is 2. The van der Waals surface area contributed by atoms with E-state index in [1.807, 2.05) is 6.07 Å². The Balaban J connectivity index is 1.72. The highest BCUT2D eigenvalue weighted by Crippen LogP contribution is 2.30. The molecule has 24 heavy (non-hydrogen) atoms. The van der Waals surface area contributed by atoms with Crippen molar-refractivity contribution in [2.24, 2.45) is 11.7 Å². The molecule has 1 saturated carbocycles. The number of methoxy groups -OCH3 is 1. The first-order chi connectivity index (χ1) is 11.6. The average molecular weight is 332 g/mol. The van der Waals surface area contributed by atoms with Crippen LogP contribution in [0.4, 0.5) is 0 Å². The van der Waals surface area contributed by atoms with Crippen LogP contribution < -0.4 is 15.8 Å². The second kappa shape index (κ2) is 7.32. The van der Waals surface area contributed by atoms with Gasteiger partial charge in [-0.05, 0) is 37.8 Å². The molecule has 1 heterocycles. The van der Waals surface area contributed by atoms with Gasteiger partial charge in [-0.2, -0.15) is 0 Å². The van der Waals surface area contributed by atoms with E-state index in [9.17, 15) is 9.59 Å². The van der Waals surface area contributed by atoms with Crippen molar-refractivity contribution < 1.29 is 19.1 Å². The van der Waals surface area contributed by atoms with Gasteiger partial charge in [0.25, 0.3) is 0 Å². The fraction of sp³-hybridized carbons (Fsp3) is 0.556. The minimum atomic E-state index is -0.529. The van der Waals surface area contributed by atoms with Crippen LogP contribution in [0.1, 0.15) is 41.6 Å². The summed E-state index contributed by atoms with van der Waals surface area (Å²) in [5.74, 6) is 0.220. The lowest BCUT2D eigenvalue weighted by molar-refractivity contribution is -0.131. The standard InChI is InChI=1S/C18H24N2O4/c1-23-14-6-4-11(5-7-14)17(21)16-10-20-9-13-3-2-12(18(19)22)8-15(13)24-16/h2-3,8,11,14,16,20H,4-7,9-10H2,1H3,(H2,19,22). The Morgan fingerprint density at radius 1 is 1.25 bits per heavy atom. The quantitative estimate of drug-likeness (QED) is 0.870. The SMILES string of the molecule is COC1CCC(C(=O)C2CNCc3ccc(C(N)=O)cc3O2)CC1. The molecule has 1 aliphatic carbocycles. The molecule has 1 fully saturated rings. The van der Waals surface area contributed by atoms with E-state index in [0.717, 1.165) is 31.2 Å². The first kappa shape index (κ1) is 16.9. The molecular formula is C18H24N2O4. The lowest BCUT2D eigenvalue weighted by atomic mass is 9.83. The number of carbonyl (C=O) groups excluding carboxylic acids is 2. The van der Waals surface area contributed by atoms with E-state index in [1.54, 1.807) is 19.2 Å². The molecule has 0 bridgehead atoms. The van der Waals surface area contributed by atoms with Gasteiger partial charge in [0.05, 0.1) is 6.10 Å². The number of hydrogen-bond acceptors (Lipinski definition) is 5. The molecule has 6 nitrogen and oxygen atoms in total. The Labute approximate surface area is 141 Å². The van der Waals surface area contributed by atoms with Gasteiger partial charge in [0.1, 0.15) is 5.75 Å². The molecule has 0 radical (unpaired) electrons. The van der Waals surface area contributed by atoms with Gasteiger partial charge in [0.2, 0.25) is 5.91 Å². The molecule has 1 atom stereocenters. The smallest absolute Gasteiger partial charge is 0.248 e. The van der Waals surface area contributed by atoms with Crippen LogP contribution in [0, 0.1) is 5.92 Å². The fourth-order valence-corrected chi connectivity index (χ4v) is 3.50. The Bertz CT molecular complexity index is 623.